The summed E-state index contributed by atoms with van der Waals surface area (Å²) in [4.78, 5) is 18.3. The summed E-state index contributed by atoms with van der Waals surface area (Å²) < 4.78 is 6.36. The molecule has 32 heavy (non-hydrogen) atoms. The quantitative estimate of drug-likeness (QED) is 0.583. The van der Waals surface area contributed by atoms with Crippen LogP contribution in [0.1, 0.15) is 71.4 Å². The van der Waals surface area contributed by atoms with Gasteiger partial charge in [-0.2, -0.15) is 0 Å². The van der Waals surface area contributed by atoms with Gasteiger partial charge in [0.25, 0.3) is 0 Å². The summed E-state index contributed by atoms with van der Waals surface area (Å²) in [5.74, 6) is 0.897. The number of benzene rings is 1. The summed E-state index contributed by atoms with van der Waals surface area (Å²) in [5, 5.41) is 10.3. The predicted molar refractivity (Wildman–Crippen MR) is 128 cm³/mol. The smallest absolute Gasteiger partial charge is 0.306 e. The van der Waals surface area contributed by atoms with Gasteiger partial charge in [-0.3, -0.25) is 14.7 Å². The number of hydrogen-bond donors (Lipinski definition) is 1. The molecule has 2 heterocycles. The first-order valence-corrected chi connectivity index (χ1v) is 12.4. The molecule has 1 aliphatic carbocycles. The number of rotatable bonds is 7. The van der Waals surface area contributed by atoms with E-state index in [1.807, 2.05) is 0 Å². The molecular formula is C27H38N2O3. The van der Waals surface area contributed by atoms with Crippen LogP contribution in [0.15, 0.2) is 30.3 Å². The highest BCUT2D eigenvalue weighted by atomic mass is 16.5. The first-order valence-electron chi connectivity index (χ1n) is 12.4. The Balaban J connectivity index is 1.33. The van der Waals surface area contributed by atoms with Crippen LogP contribution in [0.5, 0.6) is 5.75 Å². The maximum atomic E-state index is 11.1. The molecule has 1 N–H and O–H groups in total. The van der Waals surface area contributed by atoms with Crippen LogP contribution in [0.2, 0.25) is 0 Å². The van der Waals surface area contributed by atoms with E-state index in [2.05, 4.69) is 56.0 Å². The molecule has 4 rings (SSSR count). The van der Waals surface area contributed by atoms with E-state index in [1.165, 1.54) is 19.3 Å². The largest absolute Gasteiger partial charge is 0.490 e. The normalized spacial score (nSPS) is 23.3. The van der Waals surface area contributed by atoms with Crippen molar-refractivity contribution in [1.29, 1.82) is 0 Å². The van der Waals surface area contributed by atoms with Crippen molar-refractivity contribution < 1.29 is 14.6 Å². The molecule has 0 bridgehead atoms. The van der Waals surface area contributed by atoms with Crippen molar-refractivity contribution in [2.75, 3.05) is 13.1 Å². The average molecular weight is 439 g/mol. The summed E-state index contributed by atoms with van der Waals surface area (Å²) in [6.07, 6.45) is 7.80. The van der Waals surface area contributed by atoms with E-state index in [9.17, 15) is 9.90 Å². The Labute approximate surface area is 192 Å². The van der Waals surface area contributed by atoms with Crippen LogP contribution >= 0.6 is 0 Å². The lowest BCUT2D eigenvalue weighted by atomic mass is 9.69. The number of hydrogen-bond acceptors (Lipinski definition) is 4. The lowest BCUT2D eigenvalue weighted by Gasteiger charge is -2.38. The van der Waals surface area contributed by atoms with Gasteiger partial charge in [0.1, 0.15) is 5.75 Å². The van der Waals surface area contributed by atoms with Crippen molar-refractivity contribution in [3.8, 4) is 5.75 Å². The first kappa shape index (κ1) is 23.0. The van der Waals surface area contributed by atoms with Gasteiger partial charge in [0, 0.05) is 11.9 Å². The molecule has 1 saturated heterocycles. The number of carbonyl (C=O) groups is 1. The molecule has 1 aromatic carbocycles. The maximum Gasteiger partial charge on any atom is 0.306 e. The van der Waals surface area contributed by atoms with Gasteiger partial charge in [0.15, 0.2) is 0 Å². The van der Waals surface area contributed by atoms with Crippen LogP contribution in [0, 0.1) is 17.3 Å². The Kier molecular flexibility index (Phi) is 7.04. The van der Waals surface area contributed by atoms with E-state index < -0.39 is 5.97 Å². The lowest BCUT2D eigenvalue weighted by Crippen LogP contribution is -2.36. The van der Waals surface area contributed by atoms with Gasteiger partial charge in [0.2, 0.25) is 0 Å². The monoisotopic (exact) mass is 438 g/mol. The van der Waals surface area contributed by atoms with Crippen LogP contribution in [0.4, 0.5) is 0 Å². The van der Waals surface area contributed by atoms with E-state index in [0.29, 0.717) is 11.5 Å². The predicted octanol–water partition coefficient (Wildman–Crippen LogP) is 5.91. The Bertz CT molecular complexity index is 926. The van der Waals surface area contributed by atoms with Gasteiger partial charge in [-0.05, 0) is 87.2 Å². The molecule has 0 amide bonds. The molecule has 5 nitrogen and oxygen atoms in total. The zero-order valence-electron chi connectivity index (χ0n) is 19.8. The zero-order valence-corrected chi connectivity index (χ0v) is 19.8. The Morgan fingerprint density at radius 2 is 1.81 bits per heavy atom. The summed E-state index contributed by atoms with van der Waals surface area (Å²) >= 11 is 0. The third-order valence-corrected chi connectivity index (χ3v) is 8.03. The minimum Gasteiger partial charge on any atom is -0.490 e. The number of likely N-dealkylation sites (tertiary alicyclic amines) is 1. The van der Waals surface area contributed by atoms with Crippen molar-refractivity contribution in [2.24, 2.45) is 17.3 Å². The molecule has 0 atom stereocenters. The standard InChI is InChI=1S/C27H38N2O3/c1-4-27(2,3)21-6-9-23(10-7-21)32-24-11-12-25-20(17-24)5-8-22(28-25)18-29-15-13-19(14-16-29)26(30)31/h5,8,11-12,17,19,21,23H,4,6-7,9-10,13-16,18H2,1-3H3,(H,30,31)/t21-,23-. The summed E-state index contributed by atoms with van der Waals surface area (Å²) in [7, 11) is 0. The van der Waals surface area contributed by atoms with Gasteiger partial charge in [-0.15, -0.1) is 0 Å². The zero-order chi connectivity index (χ0) is 22.7. The third kappa shape index (κ3) is 5.43. The van der Waals surface area contributed by atoms with Crippen LogP contribution in [0.3, 0.4) is 0 Å². The molecule has 2 aliphatic rings. The number of aromatic nitrogens is 1. The number of nitrogens with zero attached hydrogens (tertiary/aromatic N) is 2. The molecule has 5 heteroatoms. The summed E-state index contributed by atoms with van der Waals surface area (Å²) in [6.45, 7) is 9.53. The number of fused-ring (bicyclic) bond motifs is 1. The van der Waals surface area contributed by atoms with Crippen LogP contribution in [-0.2, 0) is 11.3 Å². The van der Waals surface area contributed by atoms with Crippen LogP contribution in [-0.4, -0.2) is 40.2 Å². The van der Waals surface area contributed by atoms with Crippen molar-refractivity contribution in [1.82, 2.24) is 9.88 Å². The third-order valence-electron chi connectivity index (χ3n) is 8.03. The minimum absolute atomic E-state index is 0.192. The molecule has 2 aromatic rings. The summed E-state index contributed by atoms with van der Waals surface area (Å²) in [6, 6.07) is 10.5. The summed E-state index contributed by atoms with van der Waals surface area (Å²) in [5.41, 5.74) is 2.46. The maximum absolute atomic E-state index is 11.1. The Morgan fingerprint density at radius 3 is 2.47 bits per heavy atom. The first-order chi connectivity index (χ1) is 15.3. The molecule has 1 aliphatic heterocycles. The molecule has 1 saturated carbocycles. The van der Waals surface area contributed by atoms with Gasteiger partial charge < -0.3 is 9.84 Å². The Morgan fingerprint density at radius 1 is 1.09 bits per heavy atom. The number of piperidine rings is 1. The van der Waals surface area contributed by atoms with Gasteiger partial charge in [-0.25, -0.2) is 0 Å². The second-order valence-corrected chi connectivity index (χ2v) is 10.5. The van der Waals surface area contributed by atoms with E-state index >= 15 is 0 Å². The number of aliphatic carboxylic acids is 1. The minimum atomic E-state index is -0.663. The molecular weight excluding hydrogens is 400 g/mol. The van der Waals surface area contributed by atoms with Gasteiger partial charge in [-0.1, -0.05) is 33.3 Å². The Hall–Kier alpha value is -2.14. The molecule has 1 aromatic heterocycles. The van der Waals surface area contributed by atoms with Crippen molar-refractivity contribution >= 4 is 16.9 Å². The highest BCUT2D eigenvalue weighted by molar-refractivity contribution is 5.80. The molecule has 174 valence electrons. The SMILES string of the molecule is CCC(C)(C)[C@H]1CC[C@H](Oc2ccc3nc(CN4CCC(C(=O)O)CC4)ccc3c2)CC1. The molecule has 2 fully saturated rings. The number of pyridine rings is 1. The fraction of sp³-hybridized carbons (Fsp3) is 0.630. The molecule has 0 radical (unpaired) electrons. The number of carboxylic acid groups (broad SMARTS) is 1. The molecule has 0 unspecified atom stereocenters. The van der Waals surface area contributed by atoms with E-state index in [0.717, 1.165) is 73.6 Å². The van der Waals surface area contributed by atoms with Crippen LogP contribution in [0.25, 0.3) is 10.9 Å². The van der Waals surface area contributed by atoms with Crippen molar-refractivity contribution in [2.45, 2.75) is 78.4 Å². The highest BCUT2D eigenvalue weighted by Crippen LogP contribution is 2.41. The fourth-order valence-corrected chi connectivity index (χ4v) is 5.32. The van der Waals surface area contributed by atoms with Gasteiger partial charge in [0.05, 0.1) is 23.2 Å². The highest BCUT2D eigenvalue weighted by Gasteiger charge is 2.32. The van der Waals surface area contributed by atoms with Gasteiger partial charge >= 0.3 is 5.97 Å². The molecule has 0 spiro atoms. The van der Waals surface area contributed by atoms with E-state index in [4.69, 9.17) is 9.72 Å². The lowest BCUT2D eigenvalue weighted by molar-refractivity contribution is -0.143. The topological polar surface area (TPSA) is 62.7 Å². The van der Waals surface area contributed by atoms with Crippen LogP contribution < -0.4 is 4.74 Å². The average Bonchev–Trinajstić information content (AvgIpc) is 2.80. The van der Waals surface area contributed by atoms with E-state index in [-0.39, 0.29) is 5.92 Å². The number of carboxylic acids is 1. The number of ether oxygens (including phenoxy) is 1. The van der Waals surface area contributed by atoms with Crippen molar-refractivity contribution in [3.63, 3.8) is 0 Å². The van der Waals surface area contributed by atoms with Crippen molar-refractivity contribution in [3.05, 3.63) is 36.0 Å². The second kappa shape index (κ2) is 9.78. The fourth-order valence-electron chi connectivity index (χ4n) is 5.32. The van der Waals surface area contributed by atoms with E-state index in [1.54, 1.807) is 0 Å². The second-order valence-electron chi connectivity index (χ2n) is 10.5.